The SMILES string of the molecule is COC(=O)c1sc2ncc(I)cc2c1OCC(=O)OC(C)(C)C. The average molecular weight is 449 g/mol. The zero-order valence-corrected chi connectivity index (χ0v) is 16.1. The molecule has 0 fully saturated rings. The van der Waals surface area contributed by atoms with Crippen LogP contribution in [0.2, 0.25) is 0 Å². The average Bonchev–Trinajstić information content (AvgIpc) is 2.80. The van der Waals surface area contributed by atoms with Crippen molar-refractivity contribution in [2.24, 2.45) is 0 Å². The van der Waals surface area contributed by atoms with Crippen molar-refractivity contribution in [3.05, 3.63) is 20.7 Å². The van der Waals surface area contributed by atoms with Gasteiger partial charge in [0.05, 0.1) is 12.5 Å². The van der Waals surface area contributed by atoms with Gasteiger partial charge in [0.15, 0.2) is 17.2 Å². The van der Waals surface area contributed by atoms with Crippen molar-refractivity contribution in [1.82, 2.24) is 4.98 Å². The van der Waals surface area contributed by atoms with E-state index in [9.17, 15) is 9.59 Å². The lowest BCUT2D eigenvalue weighted by molar-refractivity contribution is -0.157. The Labute approximate surface area is 151 Å². The Bertz CT molecular complexity index is 750. The molecule has 2 rings (SSSR count). The Morgan fingerprint density at radius 3 is 2.65 bits per heavy atom. The number of methoxy groups -OCH3 is 1. The number of ether oxygens (including phenoxy) is 3. The molecule has 23 heavy (non-hydrogen) atoms. The molecule has 0 saturated heterocycles. The molecule has 6 nitrogen and oxygen atoms in total. The maximum Gasteiger partial charge on any atom is 0.351 e. The molecule has 0 saturated carbocycles. The van der Waals surface area contributed by atoms with Crippen LogP contribution in [-0.2, 0) is 14.3 Å². The molecule has 0 amide bonds. The van der Waals surface area contributed by atoms with Crippen LogP contribution in [-0.4, -0.2) is 36.2 Å². The maximum atomic E-state index is 11.9. The van der Waals surface area contributed by atoms with Crippen molar-refractivity contribution in [1.29, 1.82) is 0 Å². The van der Waals surface area contributed by atoms with Crippen molar-refractivity contribution < 1.29 is 23.8 Å². The number of fused-ring (bicyclic) bond motifs is 1. The lowest BCUT2D eigenvalue weighted by atomic mass is 10.2. The van der Waals surface area contributed by atoms with Gasteiger partial charge in [-0.1, -0.05) is 0 Å². The van der Waals surface area contributed by atoms with Crippen molar-refractivity contribution >= 4 is 56.1 Å². The third-order valence-corrected chi connectivity index (χ3v) is 4.26. The summed E-state index contributed by atoms with van der Waals surface area (Å²) in [4.78, 5) is 28.9. The second-order valence-electron chi connectivity index (χ2n) is 5.63. The molecule has 0 aliphatic heterocycles. The zero-order chi connectivity index (χ0) is 17.2. The van der Waals surface area contributed by atoms with Crippen LogP contribution in [0.4, 0.5) is 0 Å². The number of carbonyl (C=O) groups excluding carboxylic acids is 2. The highest BCUT2D eigenvalue weighted by atomic mass is 127. The van der Waals surface area contributed by atoms with Gasteiger partial charge >= 0.3 is 11.9 Å². The standard InChI is InChI=1S/C15H16INO5S/c1-15(2,3)22-10(18)7-21-11-9-5-8(16)6-17-13(9)23-12(11)14(19)20-4/h5-6H,7H2,1-4H3. The van der Waals surface area contributed by atoms with Crippen LogP contribution in [0.3, 0.4) is 0 Å². The van der Waals surface area contributed by atoms with E-state index in [1.165, 1.54) is 7.11 Å². The summed E-state index contributed by atoms with van der Waals surface area (Å²) in [5.74, 6) is -0.734. The smallest absolute Gasteiger partial charge is 0.351 e. The molecule has 2 aromatic rings. The van der Waals surface area contributed by atoms with Gasteiger partial charge in [0.1, 0.15) is 10.4 Å². The first-order chi connectivity index (χ1) is 10.7. The van der Waals surface area contributed by atoms with Gasteiger partial charge < -0.3 is 14.2 Å². The van der Waals surface area contributed by atoms with Gasteiger partial charge in [0.2, 0.25) is 0 Å². The van der Waals surface area contributed by atoms with Gasteiger partial charge in [-0.05, 0) is 49.4 Å². The van der Waals surface area contributed by atoms with Crippen molar-refractivity contribution in [3.63, 3.8) is 0 Å². The van der Waals surface area contributed by atoms with Gasteiger partial charge in [0, 0.05) is 9.77 Å². The topological polar surface area (TPSA) is 74.7 Å². The van der Waals surface area contributed by atoms with Crippen LogP contribution in [0.5, 0.6) is 5.75 Å². The van der Waals surface area contributed by atoms with Crippen LogP contribution in [0.25, 0.3) is 10.2 Å². The summed E-state index contributed by atoms with van der Waals surface area (Å²) in [6, 6.07) is 1.84. The van der Waals surface area contributed by atoms with Crippen LogP contribution >= 0.6 is 33.9 Å². The molecule has 0 aliphatic carbocycles. The summed E-state index contributed by atoms with van der Waals surface area (Å²) in [6.07, 6.45) is 1.69. The molecule has 0 unspecified atom stereocenters. The second-order valence-corrected chi connectivity index (χ2v) is 7.88. The van der Waals surface area contributed by atoms with E-state index < -0.39 is 17.5 Å². The van der Waals surface area contributed by atoms with Gasteiger partial charge in [-0.2, -0.15) is 0 Å². The fourth-order valence-corrected chi connectivity index (χ4v) is 3.25. The van der Waals surface area contributed by atoms with Gasteiger partial charge in [-0.3, -0.25) is 0 Å². The van der Waals surface area contributed by atoms with E-state index in [-0.39, 0.29) is 11.5 Å². The summed E-state index contributed by atoms with van der Waals surface area (Å²) in [5.41, 5.74) is -0.598. The lowest BCUT2D eigenvalue weighted by Gasteiger charge is -2.19. The Balaban J connectivity index is 2.32. The quantitative estimate of drug-likeness (QED) is 0.526. The fraction of sp³-hybridized carbons (Fsp3) is 0.400. The van der Waals surface area contributed by atoms with E-state index >= 15 is 0 Å². The molecular formula is C15H16INO5S. The number of hydrogen-bond donors (Lipinski definition) is 0. The molecule has 0 spiro atoms. The minimum absolute atomic E-state index is 0.278. The van der Waals surface area contributed by atoms with Gasteiger partial charge in [-0.15, -0.1) is 11.3 Å². The van der Waals surface area contributed by atoms with Gasteiger partial charge in [-0.25, -0.2) is 14.6 Å². The van der Waals surface area contributed by atoms with Crippen LogP contribution in [0.15, 0.2) is 12.3 Å². The fourth-order valence-electron chi connectivity index (χ4n) is 1.81. The largest absolute Gasteiger partial charge is 0.479 e. The summed E-state index contributed by atoms with van der Waals surface area (Å²) in [6.45, 7) is 5.03. The Hall–Kier alpha value is -1.42. The molecule has 0 aromatic carbocycles. The summed E-state index contributed by atoms with van der Waals surface area (Å²) < 4.78 is 16.4. The maximum absolute atomic E-state index is 11.9. The third kappa shape index (κ3) is 4.54. The molecule has 0 aliphatic rings. The second kappa shape index (κ2) is 7.00. The number of nitrogens with zero attached hydrogens (tertiary/aromatic N) is 1. The molecule has 2 aromatic heterocycles. The lowest BCUT2D eigenvalue weighted by Crippen LogP contribution is -2.27. The molecule has 0 atom stereocenters. The third-order valence-electron chi connectivity index (χ3n) is 2.59. The number of halogens is 1. The number of hydrogen-bond acceptors (Lipinski definition) is 7. The Morgan fingerprint density at radius 2 is 2.04 bits per heavy atom. The highest BCUT2D eigenvalue weighted by Gasteiger charge is 2.23. The van der Waals surface area contributed by atoms with E-state index in [4.69, 9.17) is 14.2 Å². The minimum Gasteiger partial charge on any atom is -0.479 e. The molecule has 124 valence electrons. The Morgan fingerprint density at radius 1 is 1.35 bits per heavy atom. The van der Waals surface area contributed by atoms with E-state index in [1.54, 1.807) is 27.0 Å². The van der Waals surface area contributed by atoms with E-state index in [2.05, 4.69) is 27.6 Å². The predicted molar refractivity (Wildman–Crippen MR) is 95.0 cm³/mol. The number of carbonyl (C=O) groups is 2. The molecular weight excluding hydrogens is 433 g/mol. The van der Waals surface area contributed by atoms with Crippen LogP contribution in [0.1, 0.15) is 30.4 Å². The first-order valence-electron chi connectivity index (χ1n) is 6.72. The first kappa shape index (κ1) is 17.9. The van der Waals surface area contributed by atoms with E-state index in [0.717, 1.165) is 14.9 Å². The number of aromatic nitrogens is 1. The minimum atomic E-state index is -0.598. The van der Waals surface area contributed by atoms with Crippen molar-refractivity contribution in [3.8, 4) is 5.75 Å². The number of thiophene rings is 1. The molecule has 0 N–H and O–H groups in total. The monoisotopic (exact) mass is 449 g/mol. The number of esters is 2. The number of rotatable bonds is 4. The highest BCUT2D eigenvalue weighted by Crippen LogP contribution is 2.37. The molecule has 0 radical (unpaired) electrons. The highest BCUT2D eigenvalue weighted by molar-refractivity contribution is 14.1. The van der Waals surface area contributed by atoms with Crippen molar-refractivity contribution in [2.75, 3.05) is 13.7 Å². The van der Waals surface area contributed by atoms with Gasteiger partial charge in [0.25, 0.3) is 0 Å². The van der Waals surface area contributed by atoms with E-state index in [0.29, 0.717) is 16.0 Å². The first-order valence-corrected chi connectivity index (χ1v) is 8.62. The molecule has 2 heterocycles. The summed E-state index contributed by atoms with van der Waals surface area (Å²) >= 11 is 3.28. The predicted octanol–water partition coefficient (Wildman–Crippen LogP) is 3.41. The van der Waals surface area contributed by atoms with Crippen molar-refractivity contribution in [2.45, 2.75) is 26.4 Å². The zero-order valence-electron chi connectivity index (χ0n) is 13.1. The summed E-state index contributed by atoms with van der Waals surface area (Å²) in [5, 5.41) is 0.672. The molecule has 0 bridgehead atoms. The normalized spacial score (nSPS) is 11.3. The van der Waals surface area contributed by atoms with E-state index in [1.807, 2.05) is 6.07 Å². The van der Waals surface area contributed by atoms with Crippen LogP contribution < -0.4 is 4.74 Å². The summed E-state index contributed by atoms with van der Waals surface area (Å²) in [7, 11) is 1.29. The van der Waals surface area contributed by atoms with Crippen LogP contribution in [0, 0.1) is 3.57 Å². The number of pyridine rings is 1. The Kier molecular flexibility index (Phi) is 5.45. The molecule has 8 heteroatoms.